The standard InChI is InChI=1S/C11H14OS/c1-2-8-3-4-9-6-13-7-11(12)10(9)5-8/h3-5,11-12H,2,6-7H2,1H3/t11-/m1/s1. The average Bonchev–Trinajstić information content (AvgIpc) is 2.18. The Bertz CT molecular complexity index is 309. The molecule has 0 amide bonds. The smallest absolute Gasteiger partial charge is 0.0883 e. The van der Waals surface area contributed by atoms with Crippen molar-refractivity contribution >= 4 is 11.8 Å². The zero-order valence-corrected chi connectivity index (χ0v) is 8.60. The van der Waals surface area contributed by atoms with Gasteiger partial charge in [-0.1, -0.05) is 25.1 Å². The predicted octanol–water partition coefficient (Wildman–Crippen LogP) is 2.53. The van der Waals surface area contributed by atoms with Crippen LogP contribution in [0.15, 0.2) is 18.2 Å². The lowest BCUT2D eigenvalue weighted by molar-refractivity contribution is 0.201. The third-order valence-electron chi connectivity index (χ3n) is 2.51. The second-order valence-corrected chi connectivity index (χ2v) is 4.45. The van der Waals surface area contributed by atoms with E-state index in [1.807, 2.05) is 11.8 Å². The van der Waals surface area contributed by atoms with Gasteiger partial charge < -0.3 is 5.11 Å². The van der Waals surface area contributed by atoms with Crippen molar-refractivity contribution in [2.24, 2.45) is 0 Å². The summed E-state index contributed by atoms with van der Waals surface area (Å²) < 4.78 is 0. The molecule has 1 nitrogen and oxygen atoms in total. The van der Waals surface area contributed by atoms with Gasteiger partial charge in [-0.25, -0.2) is 0 Å². The van der Waals surface area contributed by atoms with Crippen LogP contribution in [0, 0.1) is 0 Å². The van der Waals surface area contributed by atoms with E-state index in [2.05, 4.69) is 25.1 Å². The molecular weight excluding hydrogens is 180 g/mol. The molecule has 1 aliphatic heterocycles. The van der Waals surface area contributed by atoms with Crippen molar-refractivity contribution in [1.82, 2.24) is 0 Å². The third-order valence-corrected chi connectivity index (χ3v) is 3.58. The summed E-state index contributed by atoms with van der Waals surface area (Å²) in [6.45, 7) is 2.14. The van der Waals surface area contributed by atoms with Crippen molar-refractivity contribution in [1.29, 1.82) is 0 Å². The second-order valence-electron chi connectivity index (χ2n) is 3.42. The van der Waals surface area contributed by atoms with Gasteiger partial charge in [0.25, 0.3) is 0 Å². The first-order valence-electron chi connectivity index (χ1n) is 4.68. The number of fused-ring (bicyclic) bond motifs is 1. The number of aliphatic hydroxyl groups is 1. The Kier molecular flexibility index (Phi) is 2.61. The molecule has 0 aliphatic carbocycles. The summed E-state index contributed by atoms with van der Waals surface area (Å²) in [6, 6.07) is 6.47. The van der Waals surface area contributed by atoms with Crippen molar-refractivity contribution in [3.8, 4) is 0 Å². The minimum atomic E-state index is -0.250. The molecule has 13 heavy (non-hydrogen) atoms. The summed E-state index contributed by atoms with van der Waals surface area (Å²) in [5.41, 5.74) is 3.78. The van der Waals surface area contributed by atoms with Crippen molar-refractivity contribution in [2.45, 2.75) is 25.2 Å². The number of thioether (sulfide) groups is 1. The maximum atomic E-state index is 9.76. The second kappa shape index (κ2) is 3.72. The Balaban J connectivity index is 2.41. The average molecular weight is 194 g/mol. The SMILES string of the molecule is CCc1ccc2c(c1)[C@H](O)CSC2. The highest BCUT2D eigenvalue weighted by atomic mass is 32.2. The molecule has 0 saturated heterocycles. The Labute approximate surface area is 83.2 Å². The molecule has 1 N–H and O–H groups in total. The highest BCUT2D eigenvalue weighted by Gasteiger charge is 2.17. The topological polar surface area (TPSA) is 20.2 Å². The van der Waals surface area contributed by atoms with E-state index in [4.69, 9.17) is 0 Å². The van der Waals surface area contributed by atoms with E-state index in [9.17, 15) is 5.11 Å². The van der Waals surface area contributed by atoms with Crippen LogP contribution < -0.4 is 0 Å². The van der Waals surface area contributed by atoms with Crippen LogP contribution in [0.25, 0.3) is 0 Å². The lowest BCUT2D eigenvalue weighted by atomic mass is 10.00. The van der Waals surface area contributed by atoms with Gasteiger partial charge in [0.05, 0.1) is 6.10 Å². The summed E-state index contributed by atoms with van der Waals surface area (Å²) in [7, 11) is 0. The van der Waals surface area contributed by atoms with Gasteiger partial charge in [0.15, 0.2) is 0 Å². The lowest BCUT2D eigenvalue weighted by Gasteiger charge is -2.21. The minimum absolute atomic E-state index is 0.250. The molecule has 0 unspecified atom stereocenters. The van der Waals surface area contributed by atoms with Crippen LogP contribution in [-0.4, -0.2) is 10.9 Å². The first kappa shape index (κ1) is 9.10. The summed E-state index contributed by atoms with van der Waals surface area (Å²) >= 11 is 1.81. The molecule has 0 spiro atoms. The van der Waals surface area contributed by atoms with E-state index in [1.165, 1.54) is 11.1 Å². The summed E-state index contributed by atoms with van der Waals surface area (Å²) in [5.74, 6) is 1.90. The van der Waals surface area contributed by atoms with Crippen LogP contribution >= 0.6 is 11.8 Å². The van der Waals surface area contributed by atoms with Crippen LogP contribution in [0.2, 0.25) is 0 Å². The van der Waals surface area contributed by atoms with Crippen molar-refractivity contribution in [2.75, 3.05) is 5.75 Å². The maximum Gasteiger partial charge on any atom is 0.0883 e. The van der Waals surface area contributed by atoms with E-state index in [1.54, 1.807) is 0 Å². The van der Waals surface area contributed by atoms with E-state index < -0.39 is 0 Å². The molecule has 0 radical (unpaired) electrons. The fourth-order valence-electron chi connectivity index (χ4n) is 1.68. The van der Waals surface area contributed by atoms with E-state index >= 15 is 0 Å². The molecule has 0 bridgehead atoms. The molecule has 1 atom stereocenters. The summed E-state index contributed by atoms with van der Waals surface area (Å²) in [6.07, 6.45) is 0.799. The highest BCUT2D eigenvalue weighted by molar-refractivity contribution is 7.98. The number of aliphatic hydroxyl groups excluding tert-OH is 1. The Morgan fingerprint density at radius 1 is 1.54 bits per heavy atom. The van der Waals surface area contributed by atoms with Crippen molar-refractivity contribution in [3.63, 3.8) is 0 Å². The lowest BCUT2D eigenvalue weighted by Crippen LogP contribution is -2.10. The molecule has 70 valence electrons. The van der Waals surface area contributed by atoms with Gasteiger partial charge in [-0.3, -0.25) is 0 Å². The van der Waals surface area contributed by atoms with Crippen LogP contribution in [0.4, 0.5) is 0 Å². The Morgan fingerprint density at radius 2 is 2.38 bits per heavy atom. The molecule has 1 aromatic carbocycles. The third kappa shape index (κ3) is 1.74. The Hall–Kier alpha value is -0.470. The number of hydrogen-bond acceptors (Lipinski definition) is 2. The summed E-state index contributed by atoms with van der Waals surface area (Å²) in [5, 5.41) is 9.76. The van der Waals surface area contributed by atoms with Gasteiger partial charge in [0.2, 0.25) is 0 Å². The van der Waals surface area contributed by atoms with Gasteiger partial charge in [-0.15, -0.1) is 0 Å². The van der Waals surface area contributed by atoms with Crippen LogP contribution in [0.3, 0.4) is 0 Å². The first-order valence-corrected chi connectivity index (χ1v) is 5.84. The fourth-order valence-corrected chi connectivity index (χ4v) is 2.68. The molecule has 2 rings (SSSR count). The molecule has 2 heteroatoms. The molecule has 1 aliphatic rings. The summed E-state index contributed by atoms with van der Waals surface area (Å²) in [4.78, 5) is 0. The molecule has 0 saturated carbocycles. The molecule has 1 heterocycles. The zero-order valence-electron chi connectivity index (χ0n) is 7.79. The predicted molar refractivity (Wildman–Crippen MR) is 56.9 cm³/mol. The Morgan fingerprint density at radius 3 is 3.15 bits per heavy atom. The van der Waals surface area contributed by atoms with Crippen LogP contribution in [-0.2, 0) is 12.2 Å². The molecular formula is C11H14OS. The van der Waals surface area contributed by atoms with Gasteiger partial charge in [0, 0.05) is 11.5 Å². The number of benzene rings is 1. The van der Waals surface area contributed by atoms with Crippen LogP contribution in [0.5, 0.6) is 0 Å². The molecule has 0 aromatic heterocycles. The molecule has 0 fully saturated rings. The maximum absolute atomic E-state index is 9.76. The van der Waals surface area contributed by atoms with E-state index in [0.717, 1.165) is 23.5 Å². The number of aryl methyl sites for hydroxylation is 1. The largest absolute Gasteiger partial charge is 0.388 e. The normalized spacial score (nSPS) is 21.2. The number of hydrogen-bond donors (Lipinski definition) is 1. The quantitative estimate of drug-likeness (QED) is 0.741. The molecule has 1 aromatic rings. The fraction of sp³-hybridized carbons (Fsp3) is 0.455. The monoisotopic (exact) mass is 194 g/mol. The van der Waals surface area contributed by atoms with E-state index in [0.29, 0.717) is 0 Å². The van der Waals surface area contributed by atoms with Gasteiger partial charge >= 0.3 is 0 Å². The van der Waals surface area contributed by atoms with Gasteiger partial charge in [-0.2, -0.15) is 11.8 Å². The van der Waals surface area contributed by atoms with Gasteiger partial charge in [-0.05, 0) is 23.1 Å². The zero-order chi connectivity index (χ0) is 9.26. The van der Waals surface area contributed by atoms with E-state index in [-0.39, 0.29) is 6.10 Å². The van der Waals surface area contributed by atoms with Gasteiger partial charge in [0.1, 0.15) is 0 Å². The van der Waals surface area contributed by atoms with Crippen molar-refractivity contribution in [3.05, 3.63) is 34.9 Å². The number of rotatable bonds is 1. The van der Waals surface area contributed by atoms with Crippen LogP contribution in [0.1, 0.15) is 29.7 Å². The highest BCUT2D eigenvalue weighted by Crippen LogP contribution is 2.32. The van der Waals surface area contributed by atoms with Crippen molar-refractivity contribution < 1.29 is 5.11 Å². The minimum Gasteiger partial charge on any atom is -0.388 e. The first-order chi connectivity index (χ1) is 6.31.